The number of carbonyl (C=O) groups excluding carboxylic acids is 1. The average Bonchev–Trinajstić information content (AvgIpc) is 3.26. The lowest BCUT2D eigenvalue weighted by Crippen LogP contribution is -2.21. The first kappa shape index (κ1) is 20.9. The number of nitro groups is 2. The Morgan fingerprint density at radius 2 is 1.97 bits per heavy atom. The van der Waals surface area contributed by atoms with Crippen molar-refractivity contribution in [3.05, 3.63) is 72.9 Å². The number of nitro benzene ring substituents is 1. The van der Waals surface area contributed by atoms with Gasteiger partial charge in [0.1, 0.15) is 16.4 Å². The molecule has 1 aromatic heterocycles. The summed E-state index contributed by atoms with van der Waals surface area (Å²) in [5, 5.41) is 36.2. The minimum Gasteiger partial charge on any atom is -0.507 e. The maximum Gasteiger partial charge on any atom is 0.433 e. The number of amides is 1. The SMILES string of the molecule is O=C1/C(=C\c2cc([N+](=O)[O-])ccc2O)SC(=S)N1/N=C/C=C/c1ccc([N+](=O)[O-])o1. The van der Waals surface area contributed by atoms with Crippen molar-refractivity contribution in [1.29, 1.82) is 0 Å². The Morgan fingerprint density at radius 1 is 1.20 bits per heavy atom. The standard InChI is InChI=1S/C17H10N4O7S2/c22-13-5-3-11(20(24)25)8-10(13)9-14-16(23)19(17(29)30-14)18-7-1-2-12-4-6-15(28-12)21(26)27/h1-9,22H/b2-1+,14-9+,18-7+. The second kappa shape index (κ2) is 8.67. The zero-order valence-corrected chi connectivity index (χ0v) is 16.3. The lowest BCUT2D eigenvalue weighted by atomic mass is 10.1. The Morgan fingerprint density at radius 3 is 2.63 bits per heavy atom. The number of thiocarbonyl (C=S) groups is 1. The summed E-state index contributed by atoms with van der Waals surface area (Å²) >= 11 is 6.03. The molecule has 1 saturated heterocycles. The van der Waals surface area contributed by atoms with Crippen LogP contribution in [0.3, 0.4) is 0 Å². The molecule has 152 valence electrons. The summed E-state index contributed by atoms with van der Waals surface area (Å²) < 4.78 is 5.06. The molecule has 1 aromatic carbocycles. The number of rotatable bonds is 6. The molecule has 0 saturated carbocycles. The van der Waals surface area contributed by atoms with Gasteiger partial charge in [-0.2, -0.15) is 10.1 Å². The van der Waals surface area contributed by atoms with Gasteiger partial charge in [0, 0.05) is 23.9 Å². The van der Waals surface area contributed by atoms with Gasteiger partial charge in [0.05, 0.1) is 15.9 Å². The number of benzene rings is 1. The second-order valence-corrected chi connectivity index (χ2v) is 7.23. The molecule has 0 unspecified atom stereocenters. The molecule has 11 nitrogen and oxygen atoms in total. The summed E-state index contributed by atoms with van der Waals surface area (Å²) in [4.78, 5) is 32.8. The summed E-state index contributed by atoms with van der Waals surface area (Å²) in [5.74, 6) is -0.989. The fourth-order valence-corrected chi connectivity index (χ4v) is 3.41. The number of aromatic hydroxyl groups is 1. The summed E-state index contributed by atoms with van der Waals surface area (Å²) in [6.45, 7) is 0. The van der Waals surface area contributed by atoms with Crippen molar-refractivity contribution in [3.63, 3.8) is 0 Å². The zero-order chi connectivity index (χ0) is 21.8. The van der Waals surface area contributed by atoms with Crippen LogP contribution < -0.4 is 0 Å². The van der Waals surface area contributed by atoms with Gasteiger partial charge < -0.3 is 9.52 Å². The van der Waals surface area contributed by atoms with E-state index in [1.165, 1.54) is 36.6 Å². The lowest BCUT2D eigenvalue weighted by Gasteiger charge is -2.05. The number of nitrogens with zero attached hydrogens (tertiary/aromatic N) is 4. The van der Waals surface area contributed by atoms with Gasteiger partial charge >= 0.3 is 5.88 Å². The largest absolute Gasteiger partial charge is 0.507 e. The quantitative estimate of drug-likeness (QED) is 0.230. The predicted octanol–water partition coefficient (Wildman–Crippen LogP) is 3.70. The molecule has 2 heterocycles. The molecular weight excluding hydrogens is 436 g/mol. The highest BCUT2D eigenvalue weighted by molar-refractivity contribution is 8.26. The molecule has 1 aliphatic heterocycles. The van der Waals surface area contributed by atoms with Crippen molar-refractivity contribution >= 4 is 64.1 Å². The average molecular weight is 446 g/mol. The van der Waals surface area contributed by atoms with E-state index in [1.807, 2.05) is 0 Å². The van der Waals surface area contributed by atoms with E-state index in [-0.39, 0.29) is 32.0 Å². The highest BCUT2D eigenvalue weighted by Crippen LogP contribution is 2.35. The smallest absolute Gasteiger partial charge is 0.433 e. The number of phenolic OH excluding ortho intramolecular Hbond substituents is 1. The Kier molecular flexibility index (Phi) is 6.03. The maximum atomic E-state index is 12.5. The van der Waals surface area contributed by atoms with E-state index < -0.39 is 21.6 Å². The highest BCUT2D eigenvalue weighted by Gasteiger charge is 2.32. The van der Waals surface area contributed by atoms with E-state index >= 15 is 0 Å². The Bertz CT molecular complexity index is 1150. The van der Waals surface area contributed by atoms with Crippen molar-refractivity contribution in [3.8, 4) is 5.75 Å². The third-order valence-corrected chi connectivity index (χ3v) is 4.89. The van der Waals surface area contributed by atoms with Gasteiger partial charge in [0.25, 0.3) is 11.6 Å². The number of hydrazone groups is 1. The fourth-order valence-electron chi connectivity index (χ4n) is 2.24. The number of phenols is 1. The van der Waals surface area contributed by atoms with Gasteiger partial charge in [-0.15, -0.1) is 0 Å². The van der Waals surface area contributed by atoms with Crippen molar-refractivity contribution in [2.45, 2.75) is 0 Å². The molecule has 1 fully saturated rings. The molecule has 2 aromatic rings. The van der Waals surface area contributed by atoms with Gasteiger partial charge in [-0.25, -0.2) is 0 Å². The molecule has 30 heavy (non-hydrogen) atoms. The monoisotopic (exact) mass is 446 g/mol. The maximum absolute atomic E-state index is 12.5. The molecular formula is C17H10N4O7S2. The van der Waals surface area contributed by atoms with Crippen LogP contribution in [0.5, 0.6) is 5.75 Å². The van der Waals surface area contributed by atoms with Crippen molar-refractivity contribution in [1.82, 2.24) is 5.01 Å². The van der Waals surface area contributed by atoms with Crippen LogP contribution in [0.2, 0.25) is 0 Å². The van der Waals surface area contributed by atoms with E-state index in [0.717, 1.165) is 35.0 Å². The molecule has 1 N–H and O–H groups in total. The normalized spacial score (nSPS) is 15.7. The van der Waals surface area contributed by atoms with Gasteiger partial charge in [0.15, 0.2) is 4.32 Å². The number of allylic oxidation sites excluding steroid dienone is 1. The van der Waals surface area contributed by atoms with Crippen LogP contribution in [-0.4, -0.2) is 36.4 Å². The Hall–Kier alpha value is -3.84. The number of carbonyl (C=O) groups is 1. The number of furan rings is 1. The van der Waals surface area contributed by atoms with Crippen molar-refractivity contribution < 1.29 is 24.2 Å². The Balaban J connectivity index is 1.74. The molecule has 0 radical (unpaired) electrons. The molecule has 1 amide bonds. The van der Waals surface area contributed by atoms with Crippen LogP contribution in [0.25, 0.3) is 12.2 Å². The molecule has 13 heteroatoms. The molecule has 0 spiro atoms. The minimum atomic E-state index is -0.670. The second-order valence-electron chi connectivity index (χ2n) is 5.55. The predicted molar refractivity (Wildman–Crippen MR) is 113 cm³/mol. The first-order valence-corrected chi connectivity index (χ1v) is 9.19. The summed E-state index contributed by atoms with van der Waals surface area (Å²) in [6, 6.07) is 6.04. The van der Waals surface area contributed by atoms with Crippen LogP contribution in [0.4, 0.5) is 11.6 Å². The lowest BCUT2D eigenvalue weighted by molar-refractivity contribution is -0.402. The van der Waals surface area contributed by atoms with Gasteiger partial charge in [-0.05, 0) is 42.6 Å². The van der Waals surface area contributed by atoms with E-state index in [9.17, 15) is 30.1 Å². The van der Waals surface area contributed by atoms with Crippen LogP contribution in [0.15, 0.2) is 50.8 Å². The summed E-state index contributed by atoms with van der Waals surface area (Å²) in [7, 11) is 0. The van der Waals surface area contributed by atoms with Crippen LogP contribution in [0, 0.1) is 20.2 Å². The minimum absolute atomic E-state index is 0.0907. The fraction of sp³-hybridized carbons (Fsp3) is 0. The first-order chi connectivity index (χ1) is 14.3. The molecule has 1 aliphatic rings. The van der Waals surface area contributed by atoms with E-state index in [2.05, 4.69) is 5.10 Å². The number of hydrogen-bond donors (Lipinski definition) is 1. The first-order valence-electron chi connectivity index (χ1n) is 7.96. The molecule has 3 rings (SSSR count). The highest BCUT2D eigenvalue weighted by atomic mass is 32.2. The van der Waals surface area contributed by atoms with E-state index in [0.29, 0.717) is 0 Å². The third-order valence-electron chi connectivity index (χ3n) is 3.60. The van der Waals surface area contributed by atoms with Crippen LogP contribution in [0.1, 0.15) is 11.3 Å². The van der Waals surface area contributed by atoms with Crippen molar-refractivity contribution in [2.24, 2.45) is 5.10 Å². The van der Waals surface area contributed by atoms with Crippen LogP contribution >= 0.6 is 24.0 Å². The number of hydrogen-bond acceptors (Lipinski definition) is 10. The number of thioether (sulfide) groups is 1. The molecule has 0 bridgehead atoms. The van der Waals surface area contributed by atoms with Gasteiger partial charge in [-0.1, -0.05) is 11.8 Å². The molecule has 0 atom stereocenters. The summed E-state index contributed by atoms with van der Waals surface area (Å²) in [6.07, 6.45) is 5.34. The summed E-state index contributed by atoms with van der Waals surface area (Å²) in [5.41, 5.74) is -0.149. The number of non-ortho nitro benzene ring substituents is 1. The Labute approximate surface area is 177 Å². The van der Waals surface area contributed by atoms with Crippen molar-refractivity contribution in [2.75, 3.05) is 0 Å². The van der Waals surface area contributed by atoms with E-state index in [1.54, 1.807) is 0 Å². The van der Waals surface area contributed by atoms with Crippen LogP contribution in [-0.2, 0) is 4.79 Å². The van der Waals surface area contributed by atoms with E-state index in [4.69, 9.17) is 16.6 Å². The molecule has 0 aliphatic carbocycles. The van der Waals surface area contributed by atoms with Gasteiger partial charge in [0.2, 0.25) is 0 Å². The zero-order valence-electron chi connectivity index (χ0n) is 14.7. The topological polar surface area (TPSA) is 152 Å². The third kappa shape index (κ3) is 4.59. The van der Waals surface area contributed by atoms with Gasteiger partial charge in [-0.3, -0.25) is 25.0 Å².